The van der Waals surface area contributed by atoms with Crippen LogP contribution in [0.5, 0.6) is 0 Å². The van der Waals surface area contributed by atoms with Crippen molar-refractivity contribution in [3.05, 3.63) is 52.5 Å². The van der Waals surface area contributed by atoms with Gasteiger partial charge in [0.15, 0.2) is 5.78 Å². The molecule has 0 heterocycles. The number of ketones is 1. The second-order valence-corrected chi connectivity index (χ2v) is 5.28. The van der Waals surface area contributed by atoms with Gasteiger partial charge in [0.2, 0.25) is 5.91 Å². The summed E-state index contributed by atoms with van der Waals surface area (Å²) >= 11 is 3.36. The minimum atomic E-state index is -0.436. The predicted octanol–water partition coefficient (Wildman–Crippen LogP) is 2.48. The molecule has 0 aromatic heterocycles. The quantitative estimate of drug-likeness (QED) is 0.429. The summed E-state index contributed by atoms with van der Waals surface area (Å²) in [6.45, 7) is -0.0138. The number of aliphatic hydroxyl groups is 1. The molecule has 1 aromatic rings. The van der Waals surface area contributed by atoms with E-state index in [0.717, 1.165) is 10.0 Å². The average molecular weight is 352 g/mol. The summed E-state index contributed by atoms with van der Waals surface area (Å²) in [6, 6.07) is 7.83. The maximum atomic E-state index is 11.4. The van der Waals surface area contributed by atoms with Crippen molar-refractivity contribution in [3.8, 4) is 0 Å². The SMILES string of the molecule is O=C(CO)CCCNC(=O)/C=C/C=C/c1ccc(Br)cc1. The number of hydrogen-bond donors (Lipinski definition) is 2. The van der Waals surface area contributed by atoms with Crippen molar-refractivity contribution in [1.29, 1.82) is 0 Å². The molecule has 0 bridgehead atoms. The number of halogens is 1. The summed E-state index contributed by atoms with van der Waals surface area (Å²) in [6.07, 6.45) is 7.60. The Hall–Kier alpha value is -1.72. The Morgan fingerprint density at radius 2 is 1.90 bits per heavy atom. The molecule has 1 aromatic carbocycles. The van der Waals surface area contributed by atoms with Gasteiger partial charge in [-0.2, -0.15) is 0 Å². The smallest absolute Gasteiger partial charge is 0.243 e. The van der Waals surface area contributed by atoms with Crippen LogP contribution in [-0.4, -0.2) is 29.9 Å². The molecule has 0 fully saturated rings. The van der Waals surface area contributed by atoms with E-state index in [-0.39, 0.29) is 18.1 Å². The van der Waals surface area contributed by atoms with Crippen molar-refractivity contribution in [3.63, 3.8) is 0 Å². The molecule has 0 spiro atoms. The van der Waals surface area contributed by atoms with Gasteiger partial charge in [0.25, 0.3) is 0 Å². The monoisotopic (exact) mass is 351 g/mol. The summed E-state index contributed by atoms with van der Waals surface area (Å²) in [4.78, 5) is 22.3. The Morgan fingerprint density at radius 1 is 1.19 bits per heavy atom. The fourth-order valence-electron chi connectivity index (χ4n) is 1.52. The lowest BCUT2D eigenvalue weighted by Gasteiger charge is -2.00. The molecule has 0 radical (unpaired) electrons. The second-order valence-electron chi connectivity index (χ2n) is 4.36. The van der Waals surface area contributed by atoms with Gasteiger partial charge in [0.05, 0.1) is 0 Å². The molecule has 0 saturated heterocycles. The zero-order valence-electron chi connectivity index (χ0n) is 11.6. The number of nitrogens with one attached hydrogen (secondary N) is 1. The summed E-state index contributed by atoms with van der Waals surface area (Å²) < 4.78 is 1.02. The van der Waals surface area contributed by atoms with Crippen LogP contribution in [0.2, 0.25) is 0 Å². The van der Waals surface area contributed by atoms with E-state index in [1.165, 1.54) is 6.08 Å². The lowest BCUT2D eigenvalue weighted by atomic mass is 10.2. The van der Waals surface area contributed by atoms with Crippen LogP contribution in [0.1, 0.15) is 18.4 Å². The van der Waals surface area contributed by atoms with Crippen molar-refractivity contribution in [1.82, 2.24) is 5.32 Å². The van der Waals surface area contributed by atoms with Crippen LogP contribution in [0.4, 0.5) is 0 Å². The van der Waals surface area contributed by atoms with E-state index in [0.29, 0.717) is 13.0 Å². The number of carbonyl (C=O) groups is 2. The molecule has 0 saturated carbocycles. The van der Waals surface area contributed by atoms with E-state index >= 15 is 0 Å². The van der Waals surface area contributed by atoms with Gasteiger partial charge in [-0.05, 0) is 24.1 Å². The summed E-state index contributed by atoms with van der Waals surface area (Å²) in [7, 11) is 0. The van der Waals surface area contributed by atoms with Crippen LogP contribution in [0.3, 0.4) is 0 Å². The van der Waals surface area contributed by atoms with Gasteiger partial charge in [0.1, 0.15) is 6.61 Å². The van der Waals surface area contributed by atoms with Gasteiger partial charge in [-0.3, -0.25) is 9.59 Å². The van der Waals surface area contributed by atoms with Gasteiger partial charge >= 0.3 is 0 Å². The highest BCUT2D eigenvalue weighted by atomic mass is 79.9. The molecule has 0 atom stereocenters. The molecule has 0 unspecified atom stereocenters. The van der Waals surface area contributed by atoms with Gasteiger partial charge in [0, 0.05) is 23.5 Å². The normalized spacial score (nSPS) is 11.1. The number of aliphatic hydroxyl groups excluding tert-OH is 1. The number of Topliss-reactive ketones (excluding diaryl/α,β-unsaturated/α-hetero) is 1. The fourth-order valence-corrected chi connectivity index (χ4v) is 1.78. The Kier molecular flexibility index (Phi) is 8.31. The van der Waals surface area contributed by atoms with E-state index in [9.17, 15) is 9.59 Å². The van der Waals surface area contributed by atoms with Crippen LogP contribution in [0, 0.1) is 0 Å². The zero-order valence-corrected chi connectivity index (χ0v) is 13.2. The first-order chi connectivity index (χ1) is 10.1. The highest BCUT2D eigenvalue weighted by Crippen LogP contribution is 2.11. The zero-order chi connectivity index (χ0) is 15.5. The minimum Gasteiger partial charge on any atom is -0.389 e. The third kappa shape index (κ3) is 8.22. The van der Waals surface area contributed by atoms with Crippen LogP contribution in [0.25, 0.3) is 6.08 Å². The van der Waals surface area contributed by atoms with Crippen molar-refractivity contribution in [2.24, 2.45) is 0 Å². The molecule has 2 N–H and O–H groups in total. The molecule has 1 rings (SSSR count). The number of rotatable bonds is 8. The van der Waals surface area contributed by atoms with Crippen molar-refractivity contribution >= 4 is 33.7 Å². The highest BCUT2D eigenvalue weighted by molar-refractivity contribution is 9.10. The maximum Gasteiger partial charge on any atom is 0.243 e. The van der Waals surface area contributed by atoms with Gasteiger partial charge in [-0.25, -0.2) is 0 Å². The van der Waals surface area contributed by atoms with Crippen molar-refractivity contribution < 1.29 is 14.7 Å². The van der Waals surface area contributed by atoms with Crippen molar-refractivity contribution in [2.45, 2.75) is 12.8 Å². The average Bonchev–Trinajstić information content (AvgIpc) is 2.49. The first-order valence-electron chi connectivity index (χ1n) is 6.62. The van der Waals surface area contributed by atoms with E-state index in [1.54, 1.807) is 12.2 Å². The molecule has 1 amide bonds. The molecule has 5 heteroatoms. The molecular weight excluding hydrogens is 334 g/mol. The molecule has 0 aliphatic rings. The minimum absolute atomic E-state index is 0.202. The first kappa shape index (κ1) is 17.3. The molecule has 0 aliphatic carbocycles. The topological polar surface area (TPSA) is 66.4 Å². The number of hydrogen-bond acceptors (Lipinski definition) is 3. The van der Waals surface area contributed by atoms with Gasteiger partial charge in [-0.1, -0.05) is 46.3 Å². The largest absolute Gasteiger partial charge is 0.389 e. The Labute approximate surface area is 132 Å². The van der Waals surface area contributed by atoms with Crippen LogP contribution >= 0.6 is 15.9 Å². The van der Waals surface area contributed by atoms with Gasteiger partial charge in [-0.15, -0.1) is 0 Å². The van der Waals surface area contributed by atoms with E-state index in [4.69, 9.17) is 5.11 Å². The number of benzene rings is 1. The maximum absolute atomic E-state index is 11.4. The number of allylic oxidation sites excluding steroid dienone is 2. The van der Waals surface area contributed by atoms with E-state index in [2.05, 4.69) is 21.2 Å². The Morgan fingerprint density at radius 3 is 2.57 bits per heavy atom. The lowest BCUT2D eigenvalue weighted by Crippen LogP contribution is -2.22. The van der Waals surface area contributed by atoms with Crippen LogP contribution < -0.4 is 5.32 Å². The van der Waals surface area contributed by atoms with Gasteiger partial charge < -0.3 is 10.4 Å². The highest BCUT2D eigenvalue weighted by Gasteiger charge is 1.99. The number of amides is 1. The molecule has 112 valence electrons. The standard InChI is InChI=1S/C16H18BrNO3/c17-14-9-7-13(8-10-14)4-1-2-6-16(21)18-11-3-5-15(20)12-19/h1-2,4,6-10,19H,3,5,11-12H2,(H,18,21)/b4-1+,6-2+. The predicted molar refractivity (Wildman–Crippen MR) is 86.7 cm³/mol. The molecular formula is C16H18BrNO3. The van der Waals surface area contributed by atoms with Crippen molar-refractivity contribution in [2.75, 3.05) is 13.2 Å². The molecule has 0 aliphatic heterocycles. The lowest BCUT2D eigenvalue weighted by molar-refractivity contribution is -0.122. The summed E-state index contributed by atoms with van der Waals surface area (Å²) in [5, 5.41) is 11.2. The first-order valence-corrected chi connectivity index (χ1v) is 7.42. The fraction of sp³-hybridized carbons (Fsp3) is 0.250. The van der Waals surface area contributed by atoms with E-state index in [1.807, 2.05) is 30.3 Å². The number of carbonyl (C=O) groups excluding carboxylic acids is 2. The summed E-state index contributed by atoms with van der Waals surface area (Å²) in [5.41, 5.74) is 1.05. The molecule has 4 nitrogen and oxygen atoms in total. The Bertz CT molecular complexity index is 521. The van der Waals surface area contributed by atoms with E-state index < -0.39 is 6.61 Å². The Balaban J connectivity index is 2.24. The third-order valence-corrected chi connectivity index (χ3v) is 3.15. The summed E-state index contributed by atoms with van der Waals surface area (Å²) in [5.74, 6) is -0.413. The van der Waals surface area contributed by atoms with Crippen LogP contribution in [0.15, 0.2) is 47.0 Å². The second kappa shape index (κ2) is 10.1. The molecule has 21 heavy (non-hydrogen) atoms. The third-order valence-electron chi connectivity index (χ3n) is 2.63. The van der Waals surface area contributed by atoms with Crippen LogP contribution in [-0.2, 0) is 9.59 Å².